The molecule has 0 bridgehead atoms. The van der Waals surface area contributed by atoms with Crippen LogP contribution in [0.3, 0.4) is 0 Å². The van der Waals surface area contributed by atoms with E-state index < -0.39 is 10.0 Å². The highest BCUT2D eigenvalue weighted by atomic mass is 32.2. The average molecular weight is 268 g/mol. The van der Waals surface area contributed by atoms with Crippen LogP contribution in [0, 0.1) is 0 Å². The summed E-state index contributed by atoms with van der Waals surface area (Å²) in [5.41, 5.74) is 0.268. The van der Waals surface area contributed by atoms with E-state index in [1.807, 2.05) is 0 Å². The van der Waals surface area contributed by atoms with Gasteiger partial charge >= 0.3 is 0 Å². The van der Waals surface area contributed by atoms with E-state index in [1.54, 1.807) is 24.0 Å². The van der Waals surface area contributed by atoms with Gasteiger partial charge in [0, 0.05) is 25.5 Å². The number of pyridine rings is 1. The second-order valence-electron chi connectivity index (χ2n) is 3.69. The molecule has 0 spiro atoms. The lowest BCUT2D eigenvalue weighted by molar-refractivity contribution is 0.579. The number of aryl methyl sites for hydroxylation is 1. The predicted octanol–water partition coefficient (Wildman–Crippen LogP) is -0.413. The van der Waals surface area contributed by atoms with Crippen LogP contribution in [-0.4, -0.2) is 23.2 Å². The summed E-state index contributed by atoms with van der Waals surface area (Å²) in [6, 6.07) is 4.13. The fourth-order valence-corrected chi connectivity index (χ4v) is 2.34. The lowest BCUT2D eigenvalue weighted by Gasteiger charge is -2.04. The molecule has 8 heteroatoms. The van der Waals surface area contributed by atoms with E-state index in [1.165, 1.54) is 6.07 Å². The summed E-state index contributed by atoms with van der Waals surface area (Å²) in [7, 11) is -1.89. The Hall–Kier alpha value is -1.93. The molecule has 0 aliphatic rings. The zero-order valence-corrected chi connectivity index (χ0v) is 10.4. The van der Waals surface area contributed by atoms with Gasteiger partial charge in [-0.25, -0.2) is 13.1 Å². The molecule has 0 aromatic carbocycles. The first-order valence-corrected chi connectivity index (χ1v) is 6.63. The molecule has 0 fully saturated rings. The van der Waals surface area contributed by atoms with E-state index in [-0.39, 0.29) is 17.0 Å². The van der Waals surface area contributed by atoms with Gasteiger partial charge in [-0.3, -0.25) is 9.48 Å². The van der Waals surface area contributed by atoms with E-state index in [0.717, 1.165) is 12.3 Å². The second-order valence-corrected chi connectivity index (χ2v) is 5.46. The number of aromatic nitrogens is 3. The molecule has 7 nitrogen and oxygen atoms in total. The van der Waals surface area contributed by atoms with Gasteiger partial charge in [0.25, 0.3) is 0 Å². The summed E-state index contributed by atoms with van der Waals surface area (Å²) in [5, 5.41) is 4.05. The van der Waals surface area contributed by atoms with Crippen molar-refractivity contribution >= 4 is 10.0 Å². The van der Waals surface area contributed by atoms with Crippen molar-refractivity contribution in [1.29, 1.82) is 0 Å². The Bertz CT molecular complexity index is 681. The number of rotatable bonds is 4. The molecular formula is C10H12N4O3S. The number of aromatic amines is 1. The van der Waals surface area contributed by atoms with Crippen molar-refractivity contribution in [2.45, 2.75) is 11.4 Å². The third-order valence-electron chi connectivity index (χ3n) is 2.28. The molecule has 0 amide bonds. The summed E-state index contributed by atoms with van der Waals surface area (Å²) >= 11 is 0. The van der Waals surface area contributed by atoms with Gasteiger partial charge in [-0.15, -0.1) is 0 Å². The van der Waals surface area contributed by atoms with Crippen molar-refractivity contribution in [3.63, 3.8) is 0 Å². The van der Waals surface area contributed by atoms with Gasteiger partial charge in [0.2, 0.25) is 15.6 Å². The van der Waals surface area contributed by atoms with Crippen LogP contribution in [0.5, 0.6) is 0 Å². The van der Waals surface area contributed by atoms with Crippen LogP contribution in [-0.2, 0) is 23.6 Å². The Balaban J connectivity index is 2.12. The largest absolute Gasteiger partial charge is 0.328 e. The first-order chi connectivity index (χ1) is 8.47. The molecule has 2 heterocycles. The topological polar surface area (TPSA) is 96.9 Å². The molecule has 2 aromatic heterocycles. The summed E-state index contributed by atoms with van der Waals surface area (Å²) < 4.78 is 27.7. The Morgan fingerprint density at radius 3 is 2.72 bits per heavy atom. The fraction of sp³-hybridized carbons (Fsp3) is 0.200. The monoisotopic (exact) mass is 268 g/mol. The van der Waals surface area contributed by atoms with Crippen molar-refractivity contribution in [1.82, 2.24) is 19.5 Å². The molecule has 0 saturated carbocycles. The van der Waals surface area contributed by atoms with Crippen LogP contribution in [0.2, 0.25) is 0 Å². The van der Waals surface area contributed by atoms with Crippen molar-refractivity contribution in [2.75, 3.05) is 0 Å². The Kier molecular flexibility index (Phi) is 3.30. The van der Waals surface area contributed by atoms with E-state index >= 15 is 0 Å². The fourth-order valence-electron chi connectivity index (χ4n) is 1.37. The van der Waals surface area contributed by atoms with Gasteiger partial charge in [0.05, 0.1) is 17.1 Å². The minimum absolute atomic E-state index is 0.0121. The molecule has 0 saturated heterocycles. The van der Waals surface area contributed by atoms with Crippen LogP contribution < -0.4 is 10.3 Å². The molecule has 2 aromatic rings. The zero-order valence-electron chi connectivity index (χ0n) is 9.62. The number of nitrogens with one attached hydrogen (secondary N) is 2. The molecule has 0 aliphatic heterocycles. The maximum Gasteiger partial charge on any atom is 0.247 e. The van der Waals surface area contributed by atoms with Crippen molar-refractivity contribution in [2.24, 2.45) is 7.05 Å². The van der Waals surface area contributed by atoms with Crippen LogP contribution >= 0.6 is 0 Å². The van der Waals surface area contributed by atoms with Gasteiger partial charge in [0.15, 0.2) is 0 Å². The quantitative estimate of drug-likeness (QED) is 0.787. The number of sulfonamides is 1. The van der Waals surface area contributed by atoms with E-state index in [9.17, 15) is 13.2 Å². The third kappa shape index (κ3) is 2.84. The molecule has 0 radical (unpaired) electrons. The summed E-state index contributed by atoms with van der Waals surface area (Å²) in [4.78, 5) is 13.2. The standard InChI is InChI=1S/C10H12N4O3S/c1-14-5-4-8(13-14)6-12-18(16,17)9-2-3-10(15)11-7-9/h2-5,7,12H,6H2,1H3,(H,11,15). The first kappa shape index (κ1) is 12.5. The van der Waals surface area contributed by atoms with Gasteiger partial charge in [-0.1, -0.05) is 0 Å². The van der Waals surface area contributed by atoms with Crippen LogP contribution in [0.15, 0.2) is 40.3 Å². The van der Waals surface area contributed by atoms with E-state index in [2.05, 4.69) is 14.8 Å². The number of hydrogen-bond donors (Lipinski definition) is 2. The number of hydrogen-bond acceptors (Lipinski definition) is 4. The first-order valence-electron chi connectivity index (χ1n) is 5.14. The summed E-state index contributed by atoms with van der Waals surface area (Å²) in [6.07, 6.45) is 2.88. The maximum atomic E-state index is 11.9. The predicted molar refractivity (Wildman–Crippen MR) is 64.3 cm³/mol. The van der Waals surface area contributed by atoms with Crippen LogP contribution in [0.1, 0.15) is 5.69 Å². The molecule has 18 heavy (non-hydrogen) atoms. The Morgan fingerprint density at radius 1 is 1.39 bits per heavy atom. The number of nitrogens with zero attached hydrogens (tertiary/aromatic N) is 2. The second kappa shape index (κ2) is 4.75. The summed E-state index contributed by atoms with van der Waals surface area (Å²) in [5.74, 6) is 0. The van der Waals surface area contributed by atoms with Crippen LogP contribution in [0.4, 0.5) is 0 Å². The van der Waals surface area contributed by atoms with Crippen molar-refractivity contribution < 1.29 is 8.42 Å². The molecule has 2 rings (SSSR count). The number of H-pyrrole nitrogens is 1. The Morgan fingerprint density at radius 2 is 2.17 bits per heavy atom. The lowest BCUT2D eigenvalue weighted by Crippen LogP contribution is -2.24. The molecule has 0 unspecified atom stereocenters. The minimum Gasteiger partial charge on any atom is -0.328 e. The lowest BCUT2D eigenvalue weighted by atomic mass is 10.4. The maximum absolute atomic E-state index is 11.9. The van der Waals surface area contributed by atoms with E-state index in [0.29, 0.717) is 5.69 Å². The normalized spacial score (nSPS) is 11.6. The molecular weight excluding hydrogens is 256 g/mol. The summed E-state index contributed by atoms with van der Waals surface area (Å²) in [6.45, 7) is 0.0995. The molecule has 2 N–H and O–H groups in total. The molecule has 0 atom stereocenters. The average Bonchev–Trinajstić information content (AvgIpc) is 2.73. The molecule has 0 aliphatic carbocycles. The van der Waals surface area contributed by atoms with E-state index in [4.69, 9.17) is 0 Å². The minimum atomic E-state index is -3.64. The highest BCUT2D eigenvalue weighted by molar-refractivity contribution is 7.89. The van der Waals surface area contributed by atoms with Crippen molar-refractivity contribution in [3.05, 3.63) is 46.6 Å². The zero-order chi connectivity index (χ0) is 13.2. The van der Waals surface area contributed by atoms with Gasteiger partial charge in [0.1, 0.15) is 0 Å². The highest BCUT2D eigenvalue weighted by Crippen LogP contribution is 2.05. The van der Waals surface area contributed by atoms with Gasteiger partial charge < -0.3 is 4.98 Å². The van der Waals surface area contributed by atoms with Gasteiger partial charge in [-0.05, 0) is 12.1 Å². The smallest absolute Gasteiger partial charge is 0.247 e. The third-order valence-corrected chi connectivity index (χ3v) is 3.68. The Labute approximate surface area is 104 Å². The van der Waals surface area contributed by atoms with Crippen molar-refractivity contribution in [3.8, 4) is 0 Å². The SMILES string of the molecule is Cn1ccc(CNS(=O)(=O)c2ccc(=O)[nH]c2)n1. The highest BCUT2D eigenvalue weighted by Gasteiger charge is 2.14. The molecule has 96 valence electrons. The van der Waals surface area contributed by atoms with Crippen LogP contribution in [0.25, 0.3) is 0 Å². The van der Waals surface area contributed by atoms with Gasteiger partial charge in [-0.2, -0.15) is 5.10 Å².